The number of aromatic nitrogens is 1. The number of nitrogens with zero attached hydrogens (tertiary/aromatic N) is 4. The molecule has 0 aromatic carbocycles. The van der Waals surface area contributed by atoms with E-state index >= 15 is 0 Å². The maximum absolute atomic E-state index is 5.21. The number of hydrogen-bond acceptors (Lipinski definition) is 5. The van der Waals surface area contributed by atoms with E-state index in [1.54, 1.807) is 6.20 Å². The molecule has 1 aromatic rings. The van der Waals surface area contributed by atoms with Gasteiger partial charge in [0.2, 0.25) is 0 Å². The zero-order valence-corrected chi connectivity index (χ0v) is 13.5. The average Bonchev–Trinajstić information content (AvgIpc) is 2.82. The van der Waals surface area contributed by atoms with Crippen molar-refractivity contribution in [2.75, 3.05) is 13.1 Å². The summed E-state index contributed by atoms with van der Waals surface area (Å²) in [6.07, 6.45) is 4.62. The van der Waals surface area contributed by atoms with Crippen molar-refractivity contribution in [3.05, 3.63) is 40.5 Å². The monoisotopic (exact) mass is 358 g/mol. The Morgan fingerprint density at radius 2 is 2.40 bits per heavy atom. The number of halogens is 2. The topological polar surface area (TPSA) is 50.1 Å². The Bertz CT molecular complexity index is 529. The molecule has 108 valence electrons. The third kappa shape index (κ3) is 5.33. The second-order valence-electron chi connectivity index (χ2n) is 4.06. The Morgan fingerprint density at radius 3 is 3.15 bits per heavy atom. The van der Waals surface area contributed by atoms with Crippen molar-refractivity contribution in [2.45, 2.75) is 19.9 Å². The predicted octanol–water partition coefficient (Wildman–Crippen LogP) is 3.44. The van der Waals surface area contributed by atoms with Gasteiger partial charge in [-0.3, -0.25) is 0 Å². The van der Waals surface area contributed by atoms with Gasteiger partial charge in [0, 0.05) is 38.5 Å². The largest absolute Gasteiger partial charge is 0.370 e. The van der Waals surface area contributed by atoms with E-state index in [9.17, 15) is 0 Å². The van der Waals surface area contributed by atoms with Crippen molar-refractivity contribution in [1.29, 1.82) is 0 Å². The molecule has 0 atom stereocenters. The Morgan fingerprint density at radius 1 is 1.55 bits per heavy atom. The Labute approximate surface area is 133 Å². The molecule has 0 spiro atoms. The van der Waals surface area contributed by atoms with Gasteiger partial charge in [0.25, 0.3) is 0 Å². The van der Waals surface area contributed by atoms with Gasteiger partial charge in [0.05, 0.1) is 0 Å². The van der Waals surface area contributed by atoms with Gasteiger partial charge in [-0.2, -0.15) is 0 Å². The molecule has 0 bridgehead atoms. The molecule has 20 heavy (non-hydrogen) atoms. The molecular weight excluding hydrogens is 344 g/mol. The summed E-state index contributed by atoms with van der Waals surface area (Å²) in [5, 5.41) is 3.67. The van der Waals surface area contributed by atoms with Crippen LogP contribution < -0.4 is 0 Å². The van der Waals surface area contributed by atoms with Crippen LogP contribution in [-0.2, 0) is 11.4 Å². The smallest absolute Gasteiger partial charge is 0.153 e. The summed E-state index contributed by atoms with van der Waals surface area (Å²) in [6, 6.07) is 6.50. The molecule has 1 aromatic heterocycles. The lowest BCUT2D eigenvalue weighted by atomic mass is 10.2. The Balaban J connectivity index is 0.00000200. The first kappa shape index (κ1) is 16.7. The normalized spacial score (nSPS) is 13.1. The van der Waals surface area contributed by atoms with Crippen molar-refractivity contribution in [3.8, 4) is 0 Å². The van der Waals surface area contributed by atoms with Crippen LogP contribution in [0.1, 0.15) is 18.9 Å². The highest BCUT2D eigenvalue weighted by Crippen LogP contribution is 2.19. The summed E-state index contributed by atoms with van der Waals surface area (Å²) >= 11 is 3.37. The summed E-state index contributed by atoms with van der Waals surface area (Å²) in [5.74, 6) is 0.840. The maximum Gasteiger partial charge on any atom is 0.153 e. The summed E-state index contributed by atoms with van der Waals surface area (Å²) in [7, 11) is 0. The molecule has 0 fully saturated rings. The van der Waals surface area contributed by atoms with Crippen molar-refractivity contribution < 1.29 is 4.84 Å². The molecule has 0 amide bonds. The summed E-state index contributed by atoms with van der Waals surface area (Å²) in [5.41, 5.74) is 1.20. The van der Waals surface area contributed by atoms with E-state index in [2.05, 4.69) is 42.0 Å². The van der Waals surface area contributed by atoms with Crippen molar-refractivity contribution in [3.63, 3.8) is 0 Å². The summed E-state index contributed by atoms with van der Waals surface area (Å²) < 4.78 is 0.852. The van der Waals surface area contributed by atoms with Gasteiger partial charge in [0.1, 0.15) is 10.6 Å². The quantitative estimate of drug-likeness (QED) is 0.460. The molecule has 0 unspecified atom stereocenters. The number of rotatable bonds is 5. The number of pyridine rings is 1. The maximum atomic E-state index is 5.21. The van der Waals surface area contributed by atoms with Gasteiger partial charge in [-0.15, -0.1) is 12.4 Å². The summed E-state index contributed by atoms with van der Waals surface area (Å²) in [6.45, 7) is 4.34. The first-order chi connectivity index (χ1) is 9.28. The van der Waals surface area contributed by atoms with E-state index in [-0.39, 0.29) is 12.4 Å². The van der Waals surface area contributed by atoms with Crippen molar-refractivity contribution >= 4 is 34.3 Å². The number of aliphatic imine (C=N–C) groups is 1. The zero-order valence-electron chi connectivity index (χ0n) is 11.1. The molecule has 0 saturated carbocycles. The molecule has 0 radical (unpaired) electrons. The fourth-order valence-corrected chi connectivity index (χ4v) is 2.15. The number of hydrogen-bond donors (Lipinski definition) is 0. The first-order valence-corrected chi connectivity index (χ1v) is 6.91. The van der Waals surface area contributed by atoms with Crippen LogP contribution in [0.5, 0.6) is 0 Å². The standard InChI is InChI=1S/C13H15BrN4O.ClH/c1-2-15-10-17-19-12-4-6-18(9-12)8-11-3-5-16-13(14)7-11;/h3,5,7,9H,2,4,6,8H2,1H3;1H. The van der Waals surface area contributed by atoms with Crippen LogP contribution in [0.25, 0.3) is 0 Å². The third-order valence-corrected chi connectivity index (χ3v) is 3.01. The Kier molecular flexibility index (Phi) is 7.30. The van der Waals surface area contributed by atoms with E-state index in [1.165, 1.54) is 5.56 Å². The molecule has 5 nitrogen and oxygen atoms in total. The highest BCUT2D eigenvalue weighted by atomic mass is 79.9. The molecule has 1 aliphatic heterocycles. The highest BCUT2D eigenvalue weighted by Gasteiger charge is 2.14. The lowest BCUT2D eigenvalue weighted by Crippen LogP contribution is -2.13. The van der Waals surface area contributed by atoms with Crippen LogP contribution >= 0.6 is 28.3 Å². The van der Waals surface area contributed by atoms with Crippen LogP contribution in [0, 0.1) is 0 Å². The van der Waals surface area contributed by atoms with Crippen molar-refractivity contribution in [1.82, 2.24) is 9.88 Å². The second kappa shape index (κ2) is 8.74. The predicted molar refractivity (Wildman–Crippen MR) is 83.8 cm³/mol. The van der Waals surface area contributed by atoms with E-state index < -0.39 is 0 Å². The lowest BCUT2D eigenvalue weighted by molar-refractivity contribution is 0.224. The Hall–Kier alpha value is -1.36. The van der Waals surface area contributed by atoms with E-state index in [4.69, 9.17) is 4.84 Å². The molecule has 0 saturated heterocycles. The van der Waals surface area contributed by atoms with Gasteiger partial charge < -0.3 is 9.74 Å². The minimum Gasteiger partial charge on any atom is -0.370 e. The second-order valence-corrected chi connectivity index (χ2v) is 4.87. The van der Waals surface area contributed by atoms with E-state index in [0.717, 1.165) is 29.9 Å². The molecule has 2 heterocycles. The van der Waals surface area contributed by atoms with Crippen LogP contribution in [0.4, 0.5) is 0 Å². The molecule has 0 aliphatic carbocycles. The minimum atomic E-state index is 0. The lowest BCUT2D eigenvalue weighted by Gasteiger charge is -2.14. The van der Waals surface area contributed by atoms with Crippen LogP contribution in [0.15, 0.2) is 45.0 Å². The van der Waals surface area contributed by atoms with Crippen molar-refractivity contribution in [2.24, 2.45) is 10.1 Å². The molecule has 0 N–H and O–H groups in total. The molecule has 1 aliphatic rings. The van der Waals surface area contributed by atoms with E-state index in [0.29, 0.717) is 6.54 Å². The van der Waals surface area contributed by atoms with Crippen LogP contribution in [0.2, 0.25) is 0 Å². The molecule has 7 heteroatoms. The van der Waals surface area contributed by atoms with Gasteiger partial charge in [-0.25, -0.2) is 9.98 Å². The fraction of sp³-hybridized carbons (Fsp3) is 0.385. The van der Waals surface area contributed by atoms with E-state index in [1.807, 2.05) is 25.3 Å². The third-order valence-electron chi connectivity index (χ3n) is 2.58. The zero-order chi connectivity index (χ0) is 13.5. The van der Waals surface area contributed by atoms with Gasteiger partial charge in [-0.1, -0.05) is 0 Å². The highest BCUT2D eigenvalue weighted by molar-refractivity contribution is 9.10. The molecular formula is C13H16BrClN4O. The summed E-state index contributed by atoms with van der Waals surface area (Å²) in [4.78, 5) is 15.3. The van der Waals surface area contributed by atoms with Crippen LogP contribution in [-0.4, -0.2) is 29.0 Å². The SMILES string of the molecule is CCN=C=NOC1=CN(Cc2ccnc(Br)c2)CC1.Cl. The first-order valence-electron chi connectivity index (χ1n) is 6.11. The average molecular weight is 360 g/mol. The fourth-order valence-electron chi connectivity index (χ4n) is 1.73. The van der Waals surface area contributed by atoms with Gasteiger partial charge in [-0.05, 0) is 45.7 Å². The minimum absolute atomic E-state index is 0. The van der Waals surface area contributed by atoms with Gasteiger partial charge in [0.15, 0.2) is 5.76 Å². The van der Waals surface area contributed by atoms with Gasteiger partial charge >= 0.3 is 0 Å². The molecule has 2 rings (SSSR count). The van der Waals surface area contributed by atoms with Crippen LogP contribution in [0.3, 0.4) is 0 Å².